The lowest BCUT2D eigenvalue weighted by Crippen LogP contribution is -2.06. The highest BCUT2D eigenvalue weighted by Crippen LogP contribution is 2.31. The molecule has 0 heterocycles. The van der Waals surface area contributed by atoms with Crippen molar-refractivity contribution in [3.8, 4) is 17.2 Å². The molecular formula is C7H9NO4. The van der Waals surface area contributed by atoms with Gasteiger partial charge in [0.25, 0.3) is 0 Å². The monoisotopic (exact) mass is 171 g/mol. The van der Waals surface area contributed by atoms with Gasteiger partial charge in [0.15, 0.2) is 0 Å². The fourth-order valence-corrected chi connectivity index (χ4v) is 0.887. The van der Waals surface area contributed by atoms with Gasteiger partial charge in [-0.15, -0.1) is 0 Å². The van der Waals surface area contributed by atoms with Gasteiger partial charge in [0.05, 0.1) is 12.1 Å². The Morgan fingerprint density at radius 2 is 1.58 bits per heavy atom. The molecule has 1 aromatic rings. The van der Waals surface area contributed by atoms with E-state index >= 15 is 0 Å². The van der Waals surface area contributed by atoms with Gasteiger partial charge in [-0.05, 0) is 0 Å². The molecule has 0 saturated heterocycles. The lowest BCUT2D eigenvalue weighted by atomic mass is 10.1. The molecule has 0 amide bonds. The Balaban J connectivity index is 3.10. The van der Waals surface area contributed by atoms with Gasteiger partial charge in [-0.25, -0.2) is 5.48 Å². The minimum atomic E-state index is -0.269. The van der Waals surface area contributed by atoms with Gasteiger partial charge >= 0.3 is 0 Å². The standard InChI is InChI=1S/C7H9NO4/c9-4-1-6(10)5(3-8-12)7(11)2-4/h1-2,8-12H,3H2. The Morgan fingerprint density at radius 3 is 2.00 bits per heavy atom. The molecule has 1 aromatic carbocycles. The number of hydroxylamine groups is 1. The predicted octanol–water partition coefficient (Wildman–Crippen LogP) is 0.282. The van der Waals surface area contributed by atoms with E-state index in [0.717, 1.165) is 12.1 Å². The van der Waals surface area contributed by atoms with Crippen LogP contribution in [0.1, 0.15) is 5.56 Å². The maximum atomic E-state index is 9.13. The first-order valence-electron chi connectivity index (χ1n) is 3.26. The Kier molecular flexibility index (Phi) is 2.37. The molecular weight excluding hydrogens is 162 g/mol. The van der Waals surface area contributed by atoms with E-state index in [1.165, 1.54) is 0 Å². The van der Waals surface area contributed by atoms with Gasteiger partial charge in [0, 0.05) is 12.1 Å². The molecule has 12 heavy (non-hydrogen) atoms. The third-order valence-corrected chi connectivity index (χ3v) is 1.44. The number of hydrogen-bond acceptors (Lipinski definition) is 5. The quantitative estimate of drug-likeness (QED) is 0.412. The summed E-state index contributed by atoms with van der Waals surface area (Å²) in [6, 6.07) is 2.15. The summed E-state index contributed by atoms with van der Waals surface area (Å²) in [4.78, 5) is 0. The zero-order valence-electron chi connectivity index (χ0n) is 6.15. The van der Waals surface area contributed by atoms with Gasteiger partial charge in [0.2, 0.25) is 0 Å². The van der Waals surface area contributed by atoms with Crippen LogP contribution >= 0.6 is 0 Å². The van der Waals surface area contributed by atoms with Crippen LogP contribution in [0.3, 0.4) is 0 Å². The van der Waals surface area contributed by atoms with Crippen molar-refractivity contribution in [2.24, 2.45) is 0 Å². The summed E-state index contributed by atoms with van der Waals surface area (Å²) in [6.45, 7) is -0.0854. The molecule has 0 bridgehead atoms. The van der Waals surface area contributed by atoms with E-state index in [9.17, 15) is 0 Å². The number of rotatable bonds is 2. The van der Waals surface area contributed by atoms with E-state index in [1.807, 2.05) is 0 Å². The van der Waals surface area contributed by atoms with Crippen LogP contribution in [0.2, 0.25) is 0 Å². The zero-order valence-corrected chi connectivity index (χ0v) is 6.15. The second-order valence-electron chi connectivity index (χ2n) is 2.30. The van der Waals surface area contributed by atoms with Crippen molar-refractivity contribution >= 4 is 0 Å². The average Bonchev–Trinajstić information content (AvgIpc) is 1.96. The first-order chi connectivity index (χ1) is 5.65. The summed E-state index contributed by atoms with van der Waals surface area (Å²) in [6.07, 6.45) is 0. The highest BCUT2D eigenvalue weighted by molar-refractivity contribution is 5.48. The Bertz CT molecular complexity index is 264. The zero-order chi connectivity index (χ0) is 9.14. The average molecular weight is 171 g/mol. The number of hydrogen-bond donors (Lipinski definition) is 5. The van der Waals surface area contributed by atoms with Crippen molar-refractivity contribution in [3.05, 3.63) is 17.7 Å². The van der Waals surface area contributed by atoms with Crippen molar-refractivity contribution in [2.75, 3.05) is 0 Å². The van der Waals surface area contributed by atoms with Crippen molar-refractivity contribution in [1.82, 2.24) is 5.48 Å². The van der Waals surface area contributed by atoms with E-state index in [4.69, 9.17) is 20.5 Å². The van der Waals surface area contributed by atoms with E-state index in [2.05, 4.69) is 0 Å². The molecule has 5 heteroatoms. The van der Waals surface area contributed by atoms with Gasteiger partial charge in [-0.2, -0.15) is 0 Å². The first-order valence-corrected chi connectivity index (χ1v) is 3.26. The second-order valence-corrected chi connectivity index (χ2v) is 2.30. The maximum absolute atomic E-state index is 9.13. The van der Waals surface area contributed by atoms with Gasteiger partial charge in [0.1, 0.15) is 17.2 Å². The summed E-state index contributed by atoms with van der Waals surface area (Å²) in [5.41, 5.74) is 1.92. The molecule has 0 aliphatic rings. The molecule has 0 radical (unpaired) electrons. The molecule has 0 atom stereocenters. The van der Waals surface area contributed by atoms with E-state index in [0.29, 0.717) is 0 Å². The van der Waals surface area contributed by atoms with Crippen molar-refractivity contribution in [3.63, 3.8) is 0 Å². The van der Waals surface area contributed by atoms with Crippen LogP contribution < -0.4 is 5.48 Å². The third kappa shape index (κ3) is 1.58. The third-order valence-electron chi connectivity index (χ3n) is 1.44. The molecule has 0 fully saturated rings. The summed E-state index contributed by atoms with van der Waals surface area (Å²) >= 11 is 0. The normalized spacial score (nSPS) is 10.1. The number of phenolic OH excluding ortho intramolecular Hbond substituents is 3. The molecule has 1 rings (SSSR count). The number of nitrogens with one attached hydrogen (secondary N) is 1. The number of benzene rings is 1. The molecule has 0 aliphatic carbocycles. The molecule has 0 aromatic heterocycles. The summed E-state index contributed by atoms with van der Waals surface area (Å²) < 4.78 is 0. The van der Waals surface area contributed by atoms with Crippen molar-refractivity contribution in [2.45, 2.75) is 6.54 Å². The van der Waals surface area contributed by atoms with Crippen LogP contribution in [0, 0.1) is 0 Å². The fourth-order valence-electron chi connectivity index (χ4n) is 0.887. The van der Waals surface area contributed by atoms with Gasteiger partial charge < -0.3 is 20.5 Å². The molecule has 5 N–H and O–H groups in total. The molecule has 0 aliphatic heterocycles. The second kappa shape index (κ2) is 3.29. The van der Waals surface area contributed by atoms with Crippen LogP contribution in [0.15, 0.2) is 12.1 Å². The van der Waals surface area contributed by atoms with E-state index in [-0.39, 0.29) is 29.4 Å². The van der Waals surface area contributed by atoms with E-state index in [1.54, 1.807) is 5.48 Å². The molecule has 0 unspecified atom stereocenters. The van der Waals surface area contributed by atoms with Gasteiger partial charge in [-0.1, -0.05) is 0 Å². The highest BCUT2D eigenvalue weighted by atomic mass is 16.5. The van der Waals surface area contributed by atoms with Crippen molar-refractivity contribution in [1.29, 1.82) is 0 Å². The van der Waals surface area contributed by atoms with Crippen LogP contribution in [-0.2, 0) is 6.54 Å². The smallest absolute Gasteiger partial charge is 0.127 e. The fraction of sp³-hybridized carbons (Fsp3) is 0.143. The SMILES string of the molecule is ONCc1c(O)cc(O)cc1O. The van der Waals surface area contributed by atoms with Crippen LogP contribution in [0.4, 0.5) is 0 Å². The van der Waals surface area contributed by atoms with Crippen molar-refractivity contribution < 1.29 is 20.5 Å². The number of aromatic hydroxyl groups is 3. The summed E-state index contributed by atoms with van der Waals surface area (Å²) in [5, 5.41) is 35.5. The largest absolute Gasteiger partial charge is 0.508 e. The minimum Gasteiger partial charge on any atom is -0.508 e. The summed E-state index contributed by atoms with van der Waals surface area (Å²) in [5.74, 6) is -0.769. The van der Waals surface area contributed by atoms with Gasteiger partial charge in [-0.3, -0.25) is 0 Å². The molecule has 5 nitrogen and oxygen atoms in total. The topological polar surface area (TPSA) is 93.0 Å². The summed E-state index contributed by atoms with van der Waals surface area (Å²) in [7, 11) is 0. The molecule has 0 saturated carbocycles. The maximum Gasteiger partial charge on any atom is 0.127 e. The highest BCUT2D eigenvalue weighted by Gasteiger charge is 2.08. The van der Waals surface area contributed by atoms with Crippen LogP contribution in [-0.4, -0.2) is 20.5 Å². The molecule has 66 valence electrons. The lowest BCUT2D eigenvalue weighted by Gasteiger charge is -2.05. The number of phenols is 3. The Hall–Kier alpha value is -1.46. The first kappa shape index (κ1) is 8.63. The lowest BCUT2D eigenvalue weighted by molar-refractivity contribution is 0.159. The predicted molar refractivity (Wildman–Crippen MR) is 40.1 cm³/mol. The Labute approximate surface area is 68.5 Å². The molecule has 0 spiro atoms. The van der Waals surface area contributed by atoms with Crippen LogP contribution in [0.5, 0.6) is 17.2 Å². The van der Waals surface area contributed by atoms with Crippen LogP contribution in [0.25, 0.3) is 0 Å². The Morgan fingerprint density at radius 1 is 1.08 bits per heavy atom. The van der Waals surface area contributed by atoms with E-state index < -0.39 is 0 Å². The minimum absolute atomic E-state index is 0.0854.